The van der Waals surface area contributed by atoms with Gasteiger partial charge in [0.15, 0.2) is 5.84 Å². The first-order valence-corrected chi connectivity index (χ1v) is 4.60. The molecule has 0 aromatic carbocycles. The number of rotatable bonds is 6. The van der Waals surface area contributed by atoms with Crippen LogP contribution in [0.25, 0.3) is 0 Å². The first-order chi connectivity index (χ1) is 7.28. The van der Waals surface area contributed by atoms with E-state index >= 15 is 0 Å². The quantitative estimate of drug-likeness (QED) is 0.236. The van der Waals surface area contributed by atoms with Crippen molar-refractivity contribution in [2.75, 3.05) is 26.8 Å². The van der Waals surface area contributed by atoms with Crippen LogP contribution in [0.3, 0.4) is 0 Å². The van der Waals surface area contributed by atoms with Gasteiger partial charge in [-0.15, -0.1) is 0 Å². The molecule has 96 valence electrons. The monoisotopic (exact) mass is 243 g/mol. The largest absolute Gasteiger partial charge is 0.411 e. The third kappa shape index (κ3) is 6.46. The van der Waals surface area contributed by atoms with Crippen molar-refractivity contribution in [1.29, 1.82) is 0 Å². The van der Waals surface area contributed by atoms with E-state index in [9.17, 15) is 13.2 Å². The molecule has 0 rings (SSSR count). The molecular formula is C8H16F3N3O2. The van der Waals surface area contributed by atoms with Gasteiger partial charge in [0.05, 0.1) is 12.6 Å². The molecule has 0 aliphatic heterocycles. The van der Waals surface area contributed by atoms with Gasteiger partial charge in [0.25, 0.3) is 0 Å². The van der Waals surface area contributed by atoms with Crippen molar-refractivity contribution in [2.24, 2.45) is 10.9 Å². The van der Waals surface area contributed by atoms with E-state index in [4.69, 9.17) is 10.9 Å². The van der Waals surface area contributed by atoms with E-state index in [2.05, 4.69) is 9.89 Å². The second kappa shape index (κ2) is 6.54. The molecule has 8 heteroatoms. The highest BCUT2D eigenvalue weighted by molar-refractivity contribution is 5.84. The minimum Gasteiger partial charge on any atom is -0.409 e. The lowest BCUT2D eigenvalue weighted by molar-refractivity contribution is -0.174. The second-order valence-corrected chi connectivity index (χ2v) is 3.35. The highest BCUT2D eigenvalue weighted by Crippen LogP contribution is 2.14. The normalized spacial score (nSPS) is 15.5. The van der Waals surface area contributed by atoms with E-state index < -0.39 is 12.8 Å². The van der Waals surface area contributed by atoms with Crippen molar-refractivity contribution in [3.63, 3.8) is 0 Å². The summed E-state index contributed by atoms with van der Waals surface area (Å²) in [5, 5.41) is 11.2. The third-order valence-corrected chi connectivity index (χ3v) is 2.06. The Labute approximate surface area is 91.6 Å². The van der Waals surface area contributed by atoms with Gasteiger partial charge >= 0.3 is 6.18 Å². The lowest BCUT2D eigenvalue weighted by Crippen LogP contribution is -2.42. The third-order valence-electron chi connectivity index (χ3n) is 2.06. The fourth-order valence-corrected chi connectivity index (χ4v) is 0.899. The Hall–Kier alpha value is -1.02. The predicted molar refractivity (Wildman–Crippen MR) is 52.4 cm³/mol. The summed E-state index contributed by atoms with van der Waals surface area (Å²) in [6.07, 6.45) is -4.31. The zero-order valence-corrected chi connectivity index (χ0v) is 9.16. The summed E-state index contributed by atoms with van der Waals surface area (Å²) in [6.45, 7) is 0.587. The van der Waals surface area contributed by atoms with Crippen molar-refractivity contribution < 1.29 is 23.1 Å². The lowest BCUT2D eigenvalue weighted by atomic mass is 10.3. The minimum absolute atomic E-state index is 0.00155. The van der Waals surface area contributed by atoms with Gasteiger partial charge in [0, 0.05) is 6.54 Å². The number of amidine groups is 1. The number of oxime groups is 1. The Morgan fingerprint density at radius 1 is 1.56 bits per heavy atom. The molecule has 0 fully saturated rings. The van der Waals surface area contributed by atoms with Gasteiger partial charge < -0.3 is 15.7 Å². The van der Waals surface area contributed by atoms with E-state index in [-0.39, 0.29) is 25.0 Å². The van der Waals surface area contributed by atoms with Gasteiger partial charge in [-0.3, -0.25) is 4.90 Å². The maximum Gasteiger partial charge on any atom is 0.411 e. The number of alkyl halides is 3. The van der Waals surface area contributed by atoms with Crippen LogP contribution >= 0.6 is 0 Å². The fourth-order valence-electron chi connectivity index (χ4n) is 0.899. The number of hydrogen-bond acceptors (Lipinski definition) is 4. The van der Waals surface area contributed by atoms with Gasteiger partial charge in [0.1, 0.15) is 6.61 Å². The lowest BCUT2D eigenvalue weighted by Gasteiger charge is -2.23. The molecule has 0 saturated carbocycles. The van der Waals surface area contributed by atoms with Crippen LogP contribution in [0.1, 0.15) is 6.92 Å². The average Bonchev–Trinajstić information content (AvgIpc) is 2.20. The Kier molecular flexibility index (Phi) is 6.12. The molecule has 0 amide bonds. The number of ether oxygens (including phenoxy) is 1. The minimum atomic E-state index is -4.31. The highest BCUT2D eigenvalue weighted by Gasteiger charge is 2.27. The molecule has 0 saturated heterocycles. The van der Waals surface area contributed by atoms with Crippen LogP contribution in [0.5, 0.6) is 0 Å². The van der Waals surface area contributed by atoms with Gasteiger partial charge in [0.2, 0.25) is 0 Å². The molecule has 5 nitrogen and oxygen atoms in total. The van der Waals surface area contributed by atoms with Crippen LogP contribution in [-0.4, -0.2) is 55.0 Å². The van der Waals surface area contributed by atoms with Crippen molar-refractivity contribution in [2.45, 2.75) is 19.1 Å². The van der Waals surface area contributed by atoms with Gasteiger partial charge in [-0.1, -0.05) is 5.16 Å². The molecule has 0 aliphatic rings. The molecule has 0 radical (unpaired) electrons. The summed E-state index contributed by atoms with van der Waals surface area (Å²) in [7, 11) is 1.64. The van der Waals surface area contributed by atoms with Crippen LogP contribution in [0.2, 0.25) is 0 Å². The summed E-state index contributed by atoms with van der Waals surface area (Å²) in [5.74, 6) is -0.00155. The van der Waals surface area contributed by atoms with E-state index in [0.29, 0.717) is 0 Å². The molecule has 0 heterocycles. The zero-order valence-electron chi connectivity index (χ0n) is 9.16. The van der Waals surface area contributed by atoms with Crippen molar-refractivity contribution in [3.05, 3.63) is 0 Å². The average molecular weight is 243 g/mol. The standard InChI is InChI=1S/C8H16F3N3O2/c1-6(7(12)13-15)14(2)3-4-16-5-8(9,10)11/h6,15H,3-5H2,1-2H3,(H2,12,13). The summed E-state index contributed by atoms with van der Waals surface area (Å²) < 4.78 is 39.6. The van der Waals surface area contributed by atoms with Gasteiger partial charge in [-0.25, -0.2) is 0 Å². The molecule has 0 aromatic rings. The Bertz CT molecular complexity index is 233. The SMILES string of the molecule is CC(C(N)=NO)N(C)CCOCC(F)(F)F. The molecular weight excluding hydrogens is 227 g/mol. The molecule has 0 bridgehead atoms. The molecule has 3 N–H and O–H groups in total. The number of hydrogen-bond donors (Lipinski definition) is 2. The molecule has 0 aromatic heterocycles. The smallest absolute Gasteiger partial charge is 0.409 e. The number of nitrogens with zero attached hydrogens (tertiary/aromatic N) is 2. The van der Waals surface area contributed by atoms with E-state index in [1.807, 2.05) is 0 Å². The Morgan fingerprint density at radius 2 is 2.12 bits per heavy atom. The highest BCUT2D eigenvalue weighted by atomic mass is 19.4. The summed E-state index contributed by atoms with van der Waals surface area (Å²) in [4.78, 5) is 1.62. The molecule has 0 spiro atoms. The van der Waals surface area contributed by atoms with Crippen molar-refractivity contribution in [1.82, 2.24) is 4.90 Å². The maximum atomic E-state index is 11.7. The van der Waals surface area contributed by atoms with Gasteiger partial charge in [-0.2, -0.15) is 13.2 Å². The van der Waals surface area contributed by atoms with Crippen molar-refractivity contribution in [3.8, 4) is 0 Å². The summed E-state index contributed by atoms with van der Waals surface area (Å²) >= 11 is 0. The topological polar surface area (TPSA) is 71.1 Å². The number of halogens is 3. The zero-order chi connectivity index (χ0) is 12.8. The number of likely N-dealkylation sites (N-methyl/N-ethyl adjacent to an activating group) is 1. The molecule has 1 unspecified atom stereocenters. The predicted octanol–water partition coefficient (Wildman–Crippen LogP) is 0.632. The van der Waals surface area contributed by atoms with Crippen LogP contribution < -0.4 is 5.73 Å². The summed E-state index contributed by atoms with van der Waals surface area (Å²) in [6, 6.07) is -0.362. The number of nitrogens with two attached hydrogens (primary N) is 1. The first-order valence-electron chi connectivity index (χ1n) is 4.60. The fraction of sp³-hybridized carbons (Fsp3) is 0.875. The van der Waals surface area contributed by atoms with Crippen LogP contribution in [0.15, 0.2) is 5.16 Å². The van der Waals surface area contributed by atoms with Crippen LogP contribution in [0, 0.1) is 0 Å². The molecule has 0 aliphatic carbocycles. The Balaban J connectivity index is 3.78. The second-order valence-electron chi connectivity index (χ2n) is 3.35. The summed E-state index contributed by atoms with van der Waals surface area (Å²) in [5.41, 5.74) is 5.33. The van der Waals surface area contributed by atoms with Gasteiger partial charge in [-0.05, 0) is 14.0 Å². The van der Waals surface area contributed by atoms with Crippen molar-refractivity contribution >= 4 is 5.84 Å². The van der Waals surface area contributed by atoms with E-state index in [1.54, 1.807) is 18.9 Å². The maximum absolute atomic E-state index is 11.7. The van der Waals surface area contributed by atoms with E-state index in [0.717, 1.165) is 0 Å². The van der Waals surface area contributed by atoms with Crippen LogP contribution in [-0.2, 0) is 4.74 Å². The molecule has 1 atom stereocenters. The van der Waals surface area contributed by atoms with E-state index in [1.165, 1.54) is 0 Å². The first kappa shape index (κ1) is 15.0. The van der Waals surface area contributed by atoms with Crippen LogP contribution in [0.4, 0.5) is 13.2 Å². The Morgan fingerprint density at radius 3 is 2.56 bits per heavy atom. The molecule has 16 heavy (non-hydrogen) atoms.